The summed E-state index contributed by atoms with van der Waals surface area (Å²) < 4.78 is 67.7. The van der Waals surface area contributed by atoms with Crippen molar-refractivity contribution in [1.29, 1.82) is 0 Å². The number of nitrogens with zero attached hydrogens (tertiary/aromatic N) is 4. The van der Waals surface area contributed by atoms with E-state index >= 15 is 0 Å². The molecule has 0 aromatic heterocycles. The molecule has 4 amide bonds. The third-order valence-corrected chi connectivity index (χ3v) is 15.4. The molecule has 4 aliphatic rings. The Labute approximate surface area is 455 Å². The molecule has 0 saturated carbocycles. The third kappa shape index (κ3) is 12.1. The molecule has 76 heavy (non-hydrogen) atoms. The standard InChI is InChI=1S/C27H24ClF3N4O3S.C27H27ClN4O4S/c1-16-14-34-22-12-19(8-10-24(22)39-26(34)35(16)15-37-2)38-23-6-4-3-5-17(23)13-32-25(36)33-18-7-9-21(28)20(11-18)27(29,30)31;1-17-15-31-22-13-20(9-11-25(22)37-27(31)32(17)16-34-2)36-23-7-5-4-6-18(23)14-29-26(33)30-19-8-10-24(35-3)21(28)12-19/h3-12,14,26H,13,15H2,1-2H3,(H2,32,33,36);4-13,15,27H,14,16H2,1-3H3,(H2,29,30,33). The molecule has 0 spiro atoms. The van der Waals surface area contributed by atoms with Gasteiger partial charge in [-0.05, 0) is 86.6 Å². The van der Waals surface area contributed by atoms with Crippen molar-refractivity contribution in [2.45, 2.75) is 53.9 Å². The molecule has 0 radical (unpaired) electrons. The lowest BCUT2D eigenvalue weighted by Crippen LogP contribution is -2.35. The second-order valence-corrected chi connectivity index (χ2v) is 20.4. The largest absolute Gasteiger partial charge is 0.495 e. The Balaban J connectivity index is 0.000000186. The van der Waals surface area contributed by atoms with Gasteiger partial charge in [-0.25, -0.2) is 9.59 Å². The van der Waals surface area contributed by atoms with Crippen molar-refractivity contribution in [3.63, 3.8) is 0 Å². The number of urea groups is 2. The van der Waals surface area contributed by atoms with Crippen LogP contribution in [0.15, 0.2) is 155 Å². The summed E-state index contributed by atoms with van der Waals surface area (Å²) in [5.41, 5.74) is 5.66. The molecule has 0 aliphatic carbocycles. The van der Waals surface area contributed by atoms with Crippen molar-refractivity contribution < 1.29 is 46.4 Å². The summed E-state index contributed by atoms with van der Waals surface area (Å²) in [6.45, 7) is 5.52. The molecule has 0 saturated heterocycles. The van der Waals surface area contributed by atoms with E-state index in [1.54, 1.807) is 75.2 Å². The highest BCUT2D eigenvalue weighted by molar-refractivity contribution is 8.00. The second kappa shape index (κ2) is 23.4. The fourth-order valence-corrected chi connectivity index (χ4v) is 11.6. The van der Waals surface area contributed by atoms with Gasteiger partial charge in [-0.1, -0.05) is 83.1 Å². The zero-order chi connectivity index (χ0) is 53.7. The van der Waals surface area contributed by atoms with Crippen LogP contribution in [-0.2, 0) is 28.7 Å². The first-order chi connectivity index (χ1) is 36.6. The number of ether oxygens (including phenoxy) is 5. The van der Waals surface area contributed by atoms with E-state index in [1.165, 1.54) is 11.0 Å². The number of amides is 4. The molecule has 4 heterocycles. The minimum Gasteiger partial charge on any atom is -0.495 e. The first-order valence-corrected chi connectivity index (χ1v) is 26.0. The van der Waals surface area contributed by atoms with E-state index in [4.69, 9.17) is 46.9 Å². The summed E-state index contributed by atoms with van der Waals surface area (Å²) in [5.74, 6) is 3.11. The Morgan fingerprint density at radius 1 is 0.592 bits per heavy atom. The van der Waals surface area contributed by atoms with Crippen LogP contribution in [0.2, 0.25) is 10.0 Å². The van der Waals surface area contributed by atoms with E-state index in [9.17, 15) is 22.8 Å². The summed E-state index contributed by atoms with van der Waals surface area (Å²) in [7, 11) is 4.92. The van der Waals surface area contributed by atoms with E-state index in [0.29, 0.717) is 52.7 Å². The Hall–Kier alpha value is -7.07. The van der Waals surface area contributed by atoms with Gasteiger partial charge in [0.1, 0.15) is 42.2 Å². The minimum absolute atomic E-state index is 0.0293. The Kier molecular flexibility index (Phi) is 16.6. The summed E-state index contributed by atoms with van der Waals surface area (Å²) in [5, 5.41) is 10.7. The number of alkyl halides is 3. The van der Waals surface area contributed by atoms with E-state index in [-0.39, 0.29) is 35.8 Å². The highest BCUT2D eigenvalue weighted by Gasteiger charge is 2.40. The fourth-order valence-electron chi connectivity index (χ4n) is 8.52. The van der Waals surface area contributed by atoms with Crippen molar-refractivity contribution in [1.82, 2.24) is 20.4 Å². The van der Waals surface area contributed by atoms with Crippen molar-refractivity contribution >= 4 is 81.5 Å². The Morgan fingerprint density at radius 3 is 1.53 bits per heavy atom. The van der Waals surface area contributed by atoms with Gasteiger partial charge in [-0.2, -0.15) is 13.2 Å². The molecule has 2 unspecified atom stereocenters. The predicted octanol–water partition coefficient (Wildman–Crippen LogP) is 13.9. The number of hydrogen-bond acceptors (Lipinski definition) is 13. The monoisotopic (exact) mass is 1110 g/mol. The minimum atomic E-state index is -4.63. The number of anilines is 4. The van der Waals surface area contributed by atoms with Gasteiger partial charge in [-0.3, -0.25) is 0 Å². The Morgan fingerprint density at radius 2 is 1.07 bits per heavy atom. The number of carbonyl (C=O) groups excluding carboxylic acids is 2. The number of allylic oxidation sites excluding steroid dienone is 2. The van der Waals surface area contributed by atoms with Crippen LogP contribution in [-0.4, -0.2) is 67.6 Å². The number of rotatable bonds is 15. The number of hydrogen-bond donors (Lipinski definition) is 4. The molecule has 396 valence electrons. The highest BCUT2D eigenvalue weighted by atomic mass is 35.5. The van der Waals surface area contributed by atoms with E-state index < -0.39 is 22.8 Å². The molecular weight excluding hydrogens is 1060 g/mol. The number of halogens is 5. The average Bonchev–Trinajstić information content (AvgIpc) is 4.11. The molecule has 4 N–H and O–H groups in total. The maximum absolute atomic E-state index is 13.1. The highest BCUT2D eigenvalue weighted by Crippen LogP contribution is 2.52. The van der Waals surface area contributed by atoms with E-state index in [2.05, 4.69) is 66.3 Å². The van der Waals surface area contributed by atoms with Gasteiger partial charge < -0.3 is 64.6 Å². The second-order valence-electron chi connectivity index (χ2n) is 17.4. The van der Waals surface area contributed by atoms with Gasteiger partial charge in [0.05, 0.1) is 34.1 Å². The number of fused-ring (bicyclic) bond motifs is 6. The van der Waals surface area contributed by atoms with Gasteiger partial charge in [0.15, 0.2) is 11.0 Å². The zero-order valence-electron chi connectivity index (χ0n) is 41.5. The lowest BCUT2D eigenvalue weighted by molar-refractivity contribution is -0.137. The zero-order valence-corrected chi connectivity index (χ0v) is 44.7. The van der Waals surface area contributed by atoms with Gasteiger partial charge in [0.25, 0.3) is 0 Å². The topological polar surface area (TPSA) is 141 Å². The molecule has 2 atom stereocenters. The number of carbonyl (C=O) groups is 2. The number of para-hydroxylation sites is 2. The van der Waals surface area contributed by atoms with Crippen LogP contribution in [0.1, 0.15) is 30.5 Å². The SMILES string of the molecule is COCN1C(C)=CN2c3cc(Oc4ccccc4CNC(=O)Nc4ccc(Cl)c(C(F)(F)F)c4)ccc3SC12.COCN1C(C)=CN2c3cc(Oc4ccccc4CNC(=O)Nc4ccc(OC)c(Cl)c4)ccc3SC12. The fraction of sp³-hybridized carbons (Fsp3) is 0.222. The first-order valence-electron chi connectivity index (χ1n) is 23.5. The van der Waals surface area contributed by atoms with Crippen LogP contribution in [0.3, 0.4) is 0 Å². The quantitative estimate of drug-likeness (QED) is 0.0776. The smallest absolute Gasteiger partial charge is 0.417 e. The molecule has 0 bridgehead atoms. The van der Waals surface area contributed by atoms with E-state index in [0.717, 1.165) is 51.1 Å². The lowest BCUT2D eigenvalue weighted by Gasteiger charge is -2.27. The van der Waals surface area contributed by atoms with Gasteiger partial charge in [-0.15, -0.1) is 0 Å². The maximum Gasteiger partial charge on any atom is 0.417 e. The average molecular weight is 1120 g/mol. The number of methoxy groups -OCH3 is 3. The predicted molar refractivity (Wildman–Crippen MR) is 291 cm³/mol. The molecule has 22 heteroatoms. The van der Waals surface area contributed by atoms with Crippen molar-refractivity contribution in [3.05, 3.63) is 172 Å². The molecule has 4 aliphatic heterocycles. The van der Waals surface area contributed by atoms with Crippen LogP contribution in [0, 0.1) is 0 Å². The van der Waals surface area contributed by atoms with Crippen LogP contribution < -0.4 is 45.3 Å². The first kappa shape index (κ1) is 53.7. The molecule has 15 nitrogen and oxygen atoms in total. The summed E-state index contributed by atoms with van der Waals surface area (Å²) in [6.07, 6.45) is -0.411. The summed E-state index contributed by atoms with van der Waals surface area (Å²) in [6, 6.07) is 34.1. The Bertz CT molecular complexity index is 3210. The van der Waals surface area contributed by atoms with Gasteiger partial charge >= 0.3 is 18.2 Å². The molecule has 10 rings (SSSR count). The number of benzene rings is 6. The third-order valence-electron chi connectivity index (χ3n) is 12.2. The lowest BCUT2D eigenvalue weighted by atomic mass is 10.2. The molecular formula is C54H51Cl2F3N8O7S2. The van der Waals surface area contributed by atoms with Crippen molar-refractivity contribution in [3.8, 4) is 28.7 Å². The van der Waals surface area contributed by atoms with Gasteiger partial charge in [0, 0.05) is 95.5 Å². The molecule has 6 aromatic rings. The van der Waals surface area contributed by atoms with Crippen molar-refractivity contribution in [2.75, 3.05) is 55.2 Å². The number of nitrogens with one attached hydrogen (secondary N) is 4. The number of thioether (sulfide) groups is 2. The van der Waals surface area contributed by atoms with Crippen LogP contribution in [0.4, 0.5) is 45.5 Å². The normalized spacial score (nSPS) is 15.9. The van der Waals surface area contributed by atoms with Crippen LogP contribution >= 0.6 is 46.7 Å². The van der Waals surface area contributed by atoms with E-state index in [1.807, 2.05) is 73.7 Å². The van der Waals surface area contributed by atoms with Crippen LogP contribution in [0.25, 0.3) is 0 Å². The molecule has 6 aromatic carbocycles. The maximum atomic E-state index is 13.1. The molecule has 0 fully saturated rings. The summed E-state index contributed by atoms with van der Waals surface area (Å²) >= 11 is 15.3. The summed E-state index contributed by atoms with van der Waals surface area (Å²) in [4.78, 5) is 36.0. The van der Waals surface area contributed by atoms with Crippen molar-refractivity contribution in [2.24, 2.45) is 0 Å². The van der Waals surface area contributed by atoms with Gasteiger partial charge in [0.2, 0.25) is 0 Å². The van der Waals surface area contributed by atoms with Crippen LogP contribution in [0.5, 0.6) is 28.7 Å².